The number of hydrogen-bond acceptors (Lipinski definition) is 7. The predicted molar refractivity (Wildman–Crippen MR) is 113 cm³/mol. The number of benzene rings is 1. The van der Waals surface area contributed by atoms with Gasteiger partial charge in [0, 0.05) is 50.1 Å². The van der Waals surface area contributed by atoms with Gasteiger partial charge in [-0.25, -0.2) is 0 Å². The van der Waals surface area contributed by atoms with Crippen LogP contribution in [0.4, 0.5) is 11.4 Å². The molecule has 0 amide bonds. The van der Waals surface area contributed by atoms with Crippen LogP contribution in [0.15, 0.2) is 23.4 Å². The first-order chi connectivity index (χ1) is 13.5. The van der Waals surface area contributed by atoms with E-state index in [0.29, 0.717) is 0 Å². The van der Waals surface area contributed by atoms with Gasteiger partial charge in [-0.05, 0) is 33.0 Å². The van der Waals surface area contributed by atoms with Crippen LogP contribution in [0.1, 0.15) is 25.7 Å². The van der Waals surface area contributed by atoms with Crippen LogP contribution >= 0.6 is 11.8 Å². The summed E-state index contributed by atoms with van der Waals surface area (Å²) in [4.78, 5) is 15.4. The maximum Gasteiger partial charge on any atom is 0.271 e. The zero-order valence-electron chi connectivity index (χ0n) is 16.8. The molecule has 1 saturated heterocycles. The summed E-state index contributed by atoms with van der Waals surface area (Å²) in [5.74, 6) is 1.68. The highest BCUT2D eigenvalue weighted by Gasteiger charge is 2.22. The van der Waals surface area contributed by atoms with Crippen molar-refractivity contribution in [1.29, 1.82) is 0 Å². The average Bonchev–Trinajstić information content (AvgIpc) is 2.86. The summed E-state index contributed by atoms with van der Waals surface area (Å²) in [5.41, 5.74) is 1.91. The largest absolute Gasteiger partial charge is 0.371 e. The van der Waals surface area contributed by atoms with Crippen LogP contribution in [0.3, 0.4) is 0 Å². The van der Waals surface area contributed by atoms with Crippen molar-refractivity contribution in [1.82, 2.24) is 19.7 Å². The third kappa shape index (κ3) is 4.82. The SMILES string of the molecule is CN(C)CCSc1nnc(-c2ccc([N+](=O)[O-])cc2N2CCCCCC2)n1C. The molecule has 0 spiro atoms. The molecule has 2 aromatic rings. The van der Waals surface area contributed by atoms with Gasteiger partial charge in [0.1, 0.15) is 0 Å². The molecule has 1 fully saturated rings. The maximum absolute atomic E-state index is 11.3. The fourth-order valence-corrected chi connectivity index (χ4v) is 4.41. The molecule has 1 aromatic heterocycles. The van der Waals surface area contributed by atoms with Crippen LogP contribution in [0.25, 0.3) is 11.4 Å². The summed E-state index contributed by atoms with van der Waals surface area (Å²) in [6.45, 7) is 2.79. The number of non-ortho nitro benzene ring substituents is 1. The van der Waals surface area contributed by atoms with Crippen molar-refractivity contribution in [2.24, 2.45) is 7.05 Å². The lowest BCUT2D eigenvalue weighted by atomic mass is 10.1. The van der Waals surface area contributed by atoms with E-state index in [9.17, 15) is 10.1 Å². The summed E-state index contributed by atoms with van der Waals surface area (Å²) in [6.07, 6.45) is 4.62. The number of thioether (sulfide) groups is 1. The third-order valence-corrected chi connectivity index (χ3v) is 5.98. The molecule has 0 saturated carbocycles. The Morgan fingerprint density at radius 1 is 1.18 bits per heavy atom. The van der Waals surface area contributed by atoms with Gasteiger partial charge < -0.3 is 14.4 Å². The zero-order chi connectivity index (χ0) is 20.1. The van der Waals surface area contributed by atoms with E-state index in [0.717, 1.165) is 60.5 Å². The average molecular weight is 405 g/mol. The molecule has 152 valence electrons. The normalized spacial score (nSPS) is 15.1. The summed E-state index contributed by atoms with van der Waals surface area (Å²) in [7, 11) is 6.06. The molecule has 0 aliphatic carbocycles. The summed E-state index contributed by atoms with van der Waals surface area (Å²) in [6, 6.07) is 5.06. The monoisotopic (exact) mass is 404 g/mol. The third-order valence-electron chi connectivity index (χ3n) is 4.98. The quantitative estimate of drug-likeness (QED) is 0.397. The van der Waals surface area contributed by atoms with E-state index in [1.165, 1.54) is 12.8 Å². The lowest BCUT2D eigenvalue weighted by Crippen LogP contribution is -2.24. The van der Waals surface area contributed by atoms with E-state index in [4.69, 9.17) is 0 Å². The number of nitrogens with zero attached hydrogens (tertiary/aromatic N) is 6. The van der Waals surface area contributed by atoms with Gasteiger partial charge in [0.25, 0.3) is 5.69 Å². The van der Waals surface area contributed by atoms with Gasteiger partial charge in [0.15, 0.2) is 11.0 Å². The molecule has 9 heteroatoms. The molecule has 28 heavy (non-hydrogen) atoms. The Morgan fingerprint density at radius 2 is 1.89 bits per heavy atom. The standard InChI is InChI=1S/C19H28N6O2S/c1-22(2)12-13-28-19-21-20-18(23(19)3)16-9-8-15(25(26)27)14-17(16)24-10-6-4-5-7-11-24/h8-9,14H,4-7,10-13H2,1-3H3. The number of nitro groups is 1. The Bertz CT molecular complexity index is 815. The lowest BCUT2D eigenvalue weighted by molar-refractivity contribution is -0.384. The summed E-state index contributed by atoms with van der Waals surface area (Å²) < 4.78 is 1.99. The molecule has 0 unspecified atom stereocenters. The van der Waals surface area contributed by atoms with E-state index in [2.05, 4.69) is 20.0 Å². The van der Waals surface area contributed by atoms with Crippen LogP contribution in [0.2, 0.25) is 0 Å². The van der Waals surface area contributed by atoms with Crippen molar-refractivity contribution in [3.8, 4) is 11.4 Å². The molecule has 2 heterocycles. The lowest BCUT2D eigenvalue weighted by Gasteiger charge is -2.25. The van der Waals surface area contributed by atoms with Crippen molar-refractivity contribution in [2.45, 2.75) is 30.8 Å². The Hall–Kier alpha value is -2.13. The highest BCUT2D eigenvalue weighted by molar-refractivity contribution is 7.99. The van der Waals surface area contributed by atoms with Gasteiger partial charge >= 0.3 is 0 Å². The molecule has 0 atom stereocenters. The second kappa shape index (κ2) is 9.38. The molecule has 1 aliphatic rings. The van der Waals surface area contributed by atoms with Gasteiger partial charge in [-0.1, -0.05) is 24.6 Å². The van der Waals surface area contributed by atoms with E-state index in [-0.39, 0.29) is 10.6 Å². The molecular formula is C19H28N6O2S. The Labute approximate surface area is 170 Å². The Morgan fingerprint density at radius 3 is 2.54 bits per heavy atom. The number of anilines is 1. The summed E-state index contributed by atoms with van der Waals surface area (Å²) >= 11 is 1.67. The Kier molecular flexibility index (Phi) is 6.90. The van der Waals surface area contributed by atoms with Gasteiger partial charge in [0.2, 0.25) is 0 Å². The van der Waals surface area contributed by atoms with Gasteiger partial charge in [-0.15, -0.1) is 10.2 Å². The molecule has 3 rings (SSSR count). The number of aromatic nitrogens is 3. The summed E-state index contributed by atoms with van der Waals surface area (Å²) in [5, 5.41) is 21.0. The molecule has 0 bridgehead atoms. The van der Waals surface area contributed by atoms with Crippen molar-refractivity contribution < 1.29 is 4.92 Å². The smallest absolute Gasteiger partial charge is 0.271 e. The first kappa shape index (κ1) is 20.6. The van der Waals surface area contributed by atoms with Gasteiger partial charge in [0.05, 0.1) is 10.6 Å². The first-order valence-electron chi connectivity index (χ1n) is 9.68. The zero-order valence-corrected chi connectivity index (χ0v) is 17.6. The highest BCUT2D eigenvalue weighted by Crippen LogP contribution is 2.35. The molecular weight excluding hydrogens is 376 g/mol. The van der Waals surface area contributed by atoms with Gasteiger partial charge in [-0.3, -0.25) is 10.1 Å². The minimum atomic E-state index is -0.329. The van der Waals surface area contributed by atoms with Crippen molar-refractivity contribution >= 4 is 23.1 Å². The van der Waals surface area contributed by atoms with Crippen LogP contribution in [-0.2, 0) is 7.05 Å². The first-order valence-corrected chi connectivity index (χ1v) is 10.7. The van der Waals surface area contributed by atoms with E-state index < -0.39 is 0 Å². The van der Waals surface area contributed by atoms with Crippen LogP contribution in [0, 0.1) is 10.1 Å². The minimum Gasteiger partial charge on any atom is -0.371 e. The molecule has 1 aromatic carbocycles. The number of rotatable bonds is 7. The van der Waals surface area contributed by atoms with Crippen molar-refractivity contribution in [3.63, 3.8) is 0 Å². The second-order valence-electron chi connectivity index (χ2n) is 7.38. The second-order valence-corrected chi connectivity index (χ2v) is 8.44. The van der Waals surface area contributed by atoms with E-state index in [1.54, 1.807) is 23.9 Å². The van der Waals surface area contributed by atoms with E-state index in [1.807, 2.05) is 31.8 Å². The topological polar surface area (TPSA) is 80.3 Å². The van der Waals surface area contributed by atoms with Crippen molar-refractivity contribution in [3.05, 3.63) is 28.3 Å². The minimum absolute atomic E-state index is 0.116. The predicted octanol–water partition coefficient (Wildman–Crippen LogP) is 3.42. The molecule has 1 aliphatic heterocycles. The number of nitro benzene ring substituents is 1. The van der Waals surface area contributed by atoms with Crippen molar-refractivity contribution in [2.75, 3.05) is 44.4 Å². The molecule has 0 radical (unpaired) electrons. The fraction of sp³-hybridized carbons (Fsp3) is 0.579. The van der Waals surface area contributed by atoms with Gasteiger partial charge in [-0.2, -0.15) is 0 Å². The Balaban J connectivity index is 1.94. The van der Waals surface area contributed by atoms with Crippen LogP contribution < -0.4 is 4.90 Å². The fourth-order valence-electron chi connectivity index (χ4n) is 3.39. The van der Waals surface area contributed by atoms with E-state index >= 15 is 0 Å². The molecule has 8 nitrogen and oxygen atoms in total. The van der Waals surface area contributed by atoms with Crippen LogP contribution in [0.5, 0.6) is 0 Å². The molecule has 0 N–H and O–H groups in total. The maximum atomic E-state index is 11.3. The van der Waals surface area contributed by atoms with Crippen LogP contribution in [-0.4, -0.2) is 64.1 Å². The number of hydrogen-bond donors (Lipinski definition) is 0. The highest BCUT2D eigenvalue weighted by atomic mass is 32.2.